The van der Waals surface area contributed by atoms with Gasteiger partial charge in [-0.2, -0.15) is 0 Å². The smallest absolute Gasteiger partial charge is 0.335 e. The number of rotatable bonds is 8. The molecule has 8 heteroatoms. The number of amides is 1. The van der Waals surface area contributed by atoms with Crippen LogP contribution in [-0.2, 0) is 13.2 Å². The van der Waals surface area contributed by atoms with Gasteiger partial charge < -0.3 is 15.2 Å². The van der Waals surface area contributed by atoms with E-state index in [1.807, 2.05) is 24.3 Å². The summed E-state index contributed by atoms with van der Waals surface area (Å²) in [6, 6.07) is 17.7. The van der Waals surface area contributed by atoms with Crippen LogP contribution >= 0.6 is 0 Å². The average molecular weight is 432 g/mol. The van der Waals surface area contributed by atoms with E-state index in [2.05, 4.69) is 21.2 Å². The lowest BCUT2D eigenvalue weighted by Gasteiger charge is -2.11. The van der Waals surface area contributed by atoms with E-state index in [-0.39, 0.29) is 17.5 Å². The summed E-state index contributed by atoms with van der Waals surface area (Å²) in [6.45, 7) is 1.55. The van der Waals surface area contributed by atoms with Crippen LogP contribution in [0.3, 0.4) is 0 Å². The van der Waals surface area contributed by atoms with Crippen LogP contribution in [0, 0.1) is 0 Å². The van der Waals surface area contributed by atoms with Crippen molar-refractivity contribution in [1.29, 1.82) is 0 Å². The first kappa shape index (κ1) is 21.5. The van der Waals surface area contributed by atoms with Crippen molar-refractivity contribution in [1.82, 2.24) is 21.2 Å². The average Bonchev–Trinajstić information content (AvgIpc) is 3.37. The third kappa shape index (κ3) is 5.48. The monoisotopic (exact) mass is 432 g/mol. The topological polar surface area (TPSA) is 113 Å². The van der Waals surface area contributed by atoms with Gasteiger partial charge in [-0.05, 0) is 53.9 Å². The molecular formula is C24H24N4O4. The third-order valence-corrected chi connectivity index (χ3v) is 5.20. The molecule has 1 atom stereocenters. The van der Waals surface area contributed by atoms with Crippen LogP contribution in [0.2, 0.25) is 0 Å². The number of carboxylic acids is 1. The van der Waals surface area contributed by atoms with Crippen molar-refractivity contribution in [3.8, 4) is 5.75 Å². The molecule has 3 aromatic rings. The maximum Gasteiger partial charge on any atom is 0.335 e. The van der Waals surface area contributed by atoms with Gasteiger partial charge in [-0.1, -0.05) is 24.3 Å². The molecule has 1 aromatic heterocycles. The van der Waals surface area contributed by atoms with Crippen LogP contribution in [0.4, 0.5) is 0 Å². The number of benzene rings is 2. The van der Waals surface area contributed by atoms with Gasteiger partial charge >= 0.3 is 5.97 Å². The molecule has 4 rings (SSSR count). The number of hydrazine groups is 1. The molecule has 2 heterocycles. The molecule has 1 fully saturated rings. The highest BCUT2D eigenvalue weighted by atomic mass is 16.5. The summed E-state index contributed by atoms with van der Waals surface area (Å²) in [7, 11) is 0. The van der Waals surface area contributed by atoms with Gasteiger partial charge in [-0.25, -0.2) is 10.2 Å². The summed E-state index contributed by atoms with van der Waals surface area (Å²) in [6.07, 6.45) is 2.71. The fraction of sp³-hybridized carbons (Fsp3) is 0.208. The fourth-order valence-corrected chi connectivity index (χ4v) is 3.41. The SMILES string of the molecule is O=C(O)c1ccc(CNC(=O)c2cccc(COc3ccc(C4CCNN4)nc3)c2)cc1. The third-order valence-electron chi connectivity index (χ3n) is 5.20. The molecule has 0 saturated carbocycles. The number of carbonyl (C=O) groups is 2. The number of nitrogens with one attached hydrogen (secondary N) is 3. The van der Waals surface area contributed by atoms with Gasteiger partial charge in [0.05, 0.1) is 23.5 Å². The minimum absolute atomic E-state index is 0.210. The van der Waals surface area contributed by atoms with Crippen LogP contribution in [0.5, 0.6) is 5.75 Å². The Morgan fingerprint density at radius 1 is 1.06 bits per heavy atom. The fourth-order valence-electron chi connectivity index (χ4n) is 3.41. The summed E-state index contributed by atoms with van der Waals surface area (Å²) < 4.78 is 5.83. The Morgan fingerprint density at radius 2 is 1.91 bits per heavy atom. The predicted molar refractivity (Wildman–Crippen MR) is 118 cm³/mol. The number of carbonyl (C=O) groups excluding carboxylic acids is 1. The normalized spacial score (nSPS) is 15.3. The lowest BCUT2D eigenvalue weighted by Crippen LogP contribution is -2.25. The van der Waals surface area contributed by atoms with Gasteiger partial charge in [0, 0.05) is 18.7 Å². The highest BCUT2D eigenvalue weighted by Crippen LogP contribution is 2.19. The van der Waals surface area contributed by atoms with Gasteiger partial charge in [0.2, 0.25) is 0 Å². The van der Waals surface area contributed by atoms with Gasteiger partial charge in [-0.3, -0.25) is 15.2 Å². The molecule has 0 aliphatic carbocycles. The van der Waals surface area contributed by atoms with E-state index < -0.39 is 5.97 Å². The Labute approximate surface area is 185 Å². The number of carboxylic acid groups (broad SMARTS) is 1. The molecule has 32 heavy (non-hydrogen) atoms. The first-order valence-electron chi connectivity index (χ1n) is 10.3. The number of aromatic nitrogens is 1. The largest absolute Gasteiger partial charge is 0.487 e. The minimum atomic E-state index is -0.977. The Morgan fingerprint density at radius 3 is 2.59 bits per heavy atom. The quantitative estimate of drug-likeness (QED) is 0.433. The number of hydrogen-bond donors (Lipinski definition) is 4. The number of hydrogen-bond acceptors (Lipinski definition) is 6. The molecule has 2 aromatic carbocycles. The highest BCUT2D eigenvalue weighted by Gasteiger charge is 2.17. The Hall–Kier alpha value is -3.75. The predicted octanol–water partition coefficient (Wildman–Crippen LogP) is 2.83. The summed E-state index contributed by atoms with van der Waals surface area (Å²) in [5.41, 5.74) is 9.68. The maximum atomic E-state index is 12.5. The summed E-state index contributed by atoms with van der Waals surface area (Å²) in [5.74, 6) is -0.522. The van der Waals surface area contributed by atoms with Gasteiger partial charge in [-0.15, -0.1) is 0 Å². The molecule has 1 aliphatic rings. The Balaban J connectivity index is 1.30. The second kappa shape index (κ2) is 10.0. The van der Waals surface area contributed by atoms with Crippen molar-refractivity contribution < 1.29 is 19.4 Å². The number of nitrogens with zero attached hydrogens (tertiary/aromatic N) is 1. The zero-order valence-electron chi connectivity index (χ0n) is 17.4. The van der Waals surface area contributed by atoms with Crippen molar-refractivity contribution in [2.75, 3.05) is 6.54 Å². The zero-order chi connectivity index (χ0) is 22.3. The second-order valence-electron chi connectivity index (χ2n) is 7.50. The van der Waals surface area contributed by atoms with E-state index >= 15 is 0 Å². The molecule has 1 unspecified atom stereocenters. The van der Waals surface area contributed by atoms with E-state index in [0.29, 0.717) is 24.5 Å². The molecule has 0 radical (unpaired) electrons. The van der Waals surface area contributed by atoms with Crippen molar-refractivity contribution in [2.24, 2.45) is 0 Å². The van der Waals surface area contributed by atoms with Crippen LogP contribution in [0.25, 0.3) is 0 Å². The van der Waals surface area contributed by atoms with E-state index in [1.54, 1.807) is 30.5 Å². The van der Waals surface area contributed by atoms with E-state index in [0.717, 1.165) is 29.8 Å². The number of aromatic carboxylic acids is 1. The Kier molecular flexibility index (Phi) is 6.74. The lowest BCUT2D eigenvalue weighted by molar-refractivity contribution is 0.0696. The van der Waals surface area contributed by atoms with Crippen molar-refractivity contribution >= 4 is 11.9 Å². The van der Waals surface area contributed by atoms with Crippen LogP contribution in [0.15, 0.2) is 66.9 Å². The highest BCUT2D eigenvalue weighted by molar-refractivity contribution is 5.94. The van der Waals surface area contributed by atoms with Gasteiger partial charge in [0.15, 0.2) is 0 Å². The molecule has 1 aliphatic heterocycles. The molecule has 164 valence electrons. The number of ether oxygens (including phenoxy) is 1. The standard InChI is InChI=1S/C24H24N4O4/c29-23(26-13-16-4-6-18(7-5-16)24(30)31)19-3-1-2-17(12-19)15-32-20-8-9-21(25-14-20)22-10-11-27-28-22/h1-9,12,14,22,27-28H,10-11,13,15H2,(H,26,29)(H,30,31). The van der Waals surface area contributed by atoms with Crippen LogP contribution in [0.1, 0.15) is 50.0 Å². The maximum absolute atomic E-state index is 12.5. The van der Waals surface area contributed by atoms with Crippen molar-refractivity contribution in [3.05, 3.63) is 94.8 Å². The molecule has 0 spiro atoms. The molecule has 0 bridgehead atoms. The first-order chi connectivity index (χ1) is 15.6. The summed E-state index contributed by atoms with van der Waals surface area (Å²) in [4.78, 5) is 27.9. The molecular weight excluding hydrogens is 408 g/mol. The number of pyridine rings is 1. The van der Waals surface area contributed by atoms with E-state index in [9.17, 15) is 9.59 Å². The Bertz CT molecular complexity index is 1080. The zero-order valence-corrected chi connectivity index (χ0v) is 17.4. The molecule has 1 amide bonds. The van der Waals surface area contributed by atoms with E-state index in [1.165, 1.54) is 12.1 Å². The summed E-state index contributed by atoms with van der Waals surface area (Å²) in [5, 5.41) is 11.8. The van der Waals surface area contributed by atoms with Crippen LogP contribution < -0.4 is 20.9 Å². The van der Waals surface area contributed by atoms with E-state index in [4.69, 9.17) is 9.84 Å². The van der Waals surface area contributed by atoms with Crippen LogP contribution in [-0.4, -0.2) is 28.5 Å². The minimum Gasteiger partial charge on any atom is -0.487 e. The molecule has 8 nitrogen and oxygen atoms in total. The van der Waals surface area contributed by atoms with Crippen molar-refractivity contribution in [3.63, 3.8) is 0 Å². The molecule has 4 N–H and O–H groups in total. The lowest BCUT2D eigenvalue weighted by atomic mass is 10.1. The van der Waals surface area contributed by atoms with Gasteiger partial charge in [0.1, 0.15) is 12.4 Å². The first-order valence-corrected chi connectivity index (χ1v) is 10.3. The molecule has 1 saturated heterocycles. The van der Waals surface area contributed by atoms with Crippen molar-refractivity contribution in [2.45, 2.75) is 25.6 Å². The summed E-state index contributed by atoms with van der Waals surface area (Å²) >= 11 is 0. The van der Waals surface area contributed by atoms with Gasteiger partial charge in [0.25, 0.3) is 5.91 Å². The second-order valence-corrected chi connectivity index (χ2v) is 7.50.